The Labute approximate surface area is 199 Å². The highest BCUT2D eigenvalue weighted by atomic mass is 32.1. The molecule has 0 bridgehead atoms. The van der Waals surface area contributed by atoms with Gasteiger partial charge in [0.2, 0.25) is 0 Å². The van der Waals surface area contributed by atoms with E-state index in [1.165, 1.54) is 22.7 Å². The molecule has 1 saturated heterocycles. The molecule has 1 fully saturated rings. The van der Waals surface area contributed by atoms with Crippen molar-refractivity contribution in [2.75, 3.05) is 31.6 Å². The summed E-state index contributed by atoms with van der Waals surface area (Å²) in [6.45, 7) is 6.18. The first-order valence-corrected chi connectivity index (χ1v) is 12.6. The standard InChI is InChI=1S/C23H24N4O4S2/c1-13-20(33-14(2)24-13)23(29)27-7-5-15(6-8-27)22-26-17(12-32-22)21(28)25-16-3-4-18-19(11-16)31-10-9-30-18/h3-4,11-12,15H,5-10H2,1-2H3,(H,25,28). The molecule has 5 rings (SSSR count). The summed E-state index contributed by atoms with van der Waals surface area (Å²) in [5.41, 5.74) is 1.84. The highest BCUT2D eigenvalue weighted by Gasteiger charge is 2.28. The number of rotatable bonds is 4. The van der Waals surface area contributed by atoms with Crippen LogP contribution in [0.2, 0.25) is 0 Å². The second-order valence-corrected chi connectivity index (χ2v) is 10.2. The first kappa shape index (κ1) is 21.8. The number of amides is 2. The third-order valence-electron chi connectivity index (χ3n) is 5.78. The van der Waals surface area contributed by atoms with Crippen LogP contribution >= 0.6 is 22.7 Å². The maximum Gasteiger partial charge on any atom is 0.275 e. The van der Waals surface area contributed by atoms with Gasteiger partial charge in [0, 0.05) is 36.1 Å². The number of piperidine rings is 1. The lowest BCUT2D eigenvalue weighted by atomic mass is 9.97. The molecule has 2 aromatic heterocycles. The average Bonchev–Trinajstić information content (AvgIpc) is 3.45. The highest BCUT2D eigenvalue weighted by Crippen LogP contribution is 2.34. The van der Waals surface area contributed by atoms with Gasteiger partial charge in [-0.2, -0.15) is 0 Å². The number of nitrogens with one attached hydrogen (secondary N) is 1. The topological polar surface area (TPSA) is 93.7 Å². The molecule has 0 atom stereocenters. The summed E-state index contributed by atoms with van der Waals surface area (Å²) in [6.07, 6.45) is 1.67. The molecule has 4 heterocycles. The van der Waals surface area contributed by atoms with Crippen molar-refractivity contribution >= 4 is 40.2 Å². The molecular weight excluding hydrogens is 460 g/mol. The number of likely N-dealkylation sites (tertiary alicyclic amines) is 1. The molecule has 172 valence electrons. The monoisotopic (exact) mass is 484 g/mol. The van der Waals surface area contributed by atoms with Crippen LogP contribution in [0.3, 0.4) is 0 Å². The molecule has 0 unspecified atom stereocenters. The summed E-state index contributed by atoms with van der Waals surface area (Å²) in [7, 11) is 0. The number of carbonyl (C=O) groups is 2. The Morgan fingerprint density at radius 3 is 2.58 bits per heavy atom. The number of benzene rings is 1. The van der Waals surface area contributed by atoms with E-state index in [1.54, 1.807) is 23.6 Å². The van der Waals surface area contributed by atoms with Gasteiger partial charge in [0.25, 0.3) is 11.8 Å². The van der Waals surface area contributed by atoms with Gasteiger partial charge in [-0.15, -0.1) is 22.7 Å². The van der Waals surface area contributed by atoms with Crippen molar-refractivity contribution in [3.8, 4) is 11.5 Å². The Bertz CT molecular complexity index is 1200. The molecule has 8 nitrogen and oxygen atoms in total. The van der Waals surface area contributed by atoms with Gasteiger partial charge < -0.3 is 19.7 Å². The van der Waals surface area contributed by atoms with Crippen LogP contribution in [0.4, 0.5) is 5.69 Å². The third kappa shape index (κ3) is 4.58. The SMILES string of the molecule is Cc1nc(C)c(C(=O)N2CCC(c3nc(C(=O)Nc4ccc5c(c4)OCCO5)cs3)CC2)s1. The number of thiazole rings is 2. The van der Waals surface area contributed by atoms with Gasteiger partial charge in [-0.1, -0.05) is 0 Å². The lowest BCUT2D eigenvalue weighted by molar-refractivity contribution is 0.0717. The van der Waals surface area contributed by atoms with Gasteiger partial charge in [-0.05, 0) is 38.8 Å². The van der Waals surface area contributed by atoms with Crippen molar-refractivity contribution in [2.45, 2.75) is 32.6 Å². The van der Waals surface area contributed by atoms with E-state index >= 15 is 0 Å². The molecule has 0 saturated carbocycles. The van der Waals surface area contributed by atoms with Gasteiger partial charge in [0.1, 0.15) is 23.8 Å². The van der Waals surface area contributed by atoms with E-state index in [0.29, 0.717) is 49.2 Å². The second kappa shape index (κ2) is 9.11. The number of hydrogen-bond donors (Lipinski definition) is 1. The van der Waals surface area contributed by atoms with Crippen molar-refractivity contribution in [2.24, 2.45) is 0 Å². The molecule has 0 aliphatic carbocycles. The molecule has 1 aromatic carbocycles. The van der Waals surface area contributed by atoms with Gasteiger partial charge in [0.05, 0.1) is 15.7 Å². The Morgan fingerprint density at radius 2 is 1.85 bits per heavy atom. The molecule has 2 amide bonds. The summed E-state index contributed by atoms with van der Waals surface area (Å²) in [6, 6.07) is 5.34. The Morgan fingerprint density at radius 1 is 1.09 bits per heavy atom. The predicted molar refractivity (Wildman–Crippen MR) is 127 cm³/mol. The summed E-state index contributed by atoms with van der Waals surface area (Å²) in [5, 5.41) is 6.54. The highest BCUT2D eigenvalue weighted by molar-refractivity contribution is 7.13. The number of ether oxygens (including phenoxy) is 2. The van der Waals surface area contributed by atoms with E-state index < -0.39 is 0 Å². The molecule has 33 heavy (non-hydrogen) atoms. The molecule has 0 radical (unpaired) electrons. The zero-order valence-electron chi connectivity index (χ0n) is 18.4. The first-order chi connectivity index (χ1) is 16.0. The Kier molecular flexibility index (Phi) is 6.03. The molecule has 2 aliphatic heterocycles. The fourth-order valence-corrected chi connectivity index (χ4v) is 5.96. The van der Waals surface area contributed by atoms with E-state index in [0.717, 1.165) is 33.4 Å². The van der Waals surface area contributed by atoms with E-state index in [1.807, 2.05) is 18.7 Å². The fraction of sp³-hybridized carbons (Fsp3) is 0.391. The number of hydrogen-bond acceptors (Lipinski definition) is 8. The van der Waals surface area contributed by atoms with Gasteiger partial charge in [0.15, 0.2) is 11.5 Å². The van der Waals surface area contributed by atoms with Crippen LogP contribution in [0.15, 0.2) is 23.6 Å². The maximum absolute atomic E-state index is 12.8. The lowest BCUT2D eigenvalue weighted by Gasteiger charge is -2.30. The minimum atomic E-state index is -0.252. The molecule has 10 heteroatoms. The zero-order valence-corrected chi connectivity index (χ0v) is 20.1. The minimum Gasteiger partial charge on any atom is -0.486 e. The van der Waals surface area contributed by atoms with Crippen molar-refractivity contribution < 1.29 is 19.1 Å². The van der Waals surface area contributed by atoms with Gasteiger partial charge >= 0.3 is 0 Å². The van der Waals surface area contributed by atoms with Crippen LogP contribution in [-0.2, 0) is 0 Å². The van der Waals surface area contributed by atoms with Crippen molar-refractivity contribution in [3.63, 3.8) is 0 Å². The number of fused-ring (bicyclic) bond motifs is 1. The lowest BCUT2D eigenvalue weighted by Crippen LogP contribution is -2.37. The molecular formula is C23H24N4O4S2. The van der Waals surface area contributed by atoms with Crippen LogP contribution in [0.1, 0.15) is 54.6 Å². The van der Waals surface area contributed by atoms with Crippen LogP contribution in [0.25, 0.3) is 0 Å². The Balaban J connectivity index is 1.19. The smallest absolute Gasteiger partial charge is 0.275 e. The predicted octanol–water partition coefficient (Wildman–Crippen LogP) is 4.26. The second-order valence-electron chi connectivity index (χ2n) is 8.10. The summed E-state index contributed by atoms with van der Waals surface area (Å²) >= 11 is 2.96. The van der Waals surface area contributed by atoms with Crippen molar-refractivity contribution in [1.29, 1.82) is 0 Å². The number of carbonyl (C=O) groups excluding carboxylic acids is 2. The average molecular weight is 485 g/mol. The largest absolute Gasteiger partial charge is 0.486 e. The quantitative estimate of drug-likeness (QED) is 0.595. The van der Waals surface area contributed by atoms with E-state index in [4.69, 9.17) is 9.47 Å². The van der Waals surface area contributed by atoms with Gasteiger partial charge in [-0.3, -0.25) is 9.59 Å². The number of aryl methyl sites for hydroxylation is 2. The maximum atomic E-state index is 12.8. The molecule has 1 N–H and O–H groups in total. The molecule has 0 spiro atoms. The number of nitrogens with zero attached hydrogens (tertiary/aromatic N) is 3. The first-order valence-electron chi connectivity index (χ1n) is 10.9. The summed E-state index contributed by atoms with van der Waals surface area (Å²) < 4.78 is 11.1. The third-order valence-corrected chi connectivity index (χ3v) is 7.85. The van der Waals surface area contributed by atoms with Crippen LogP contribution < -0.4 is 14.8 Å². The van der Waals surface area contributed by atoms with Crippen molar-refractivity contribution in [3.05, 3.63) is 49.9 Å². The minimum absolute atomic E-state index is 0.0650. The summed E-state index contributed by atoms with van der Waals surface area (Å²) in [4.78, 5) is 37.2. The van der Waals surface area contributed by atoms with Gasteiger partial charge in [-0.25, -0.2) is 9.97 Å². The number of aromatic nitrogens is 2. The van der Waals surface area contributed by atoms with Crippen LogP contribution in [0, 0.1) is 13.8 Å². The Hall–Kier alpha value is -2.98. The van der Waals surface area contributed by atoms with E-state index in [-0.39, 0.29) is 17.7 Å². The zero-order chi connectivity index (χ0) is 22.9. The van der Waals surface area contributed by atoms with Crippen molar-refractivity contribution in [1.82, 2.24) is 14.9 Å². The molecule has 2 aliphatic rings. The van der Waals surface area contributed by atoms with Crippen LogP contribution in [-0.4, -0.2) is 53.0 Å². The number of anilines is 1. The van der Waals surface area contributed by atoms with Crippen LogP contribution in [0.5, 0.6) is 11.5 Å². The molecule has 3 aromatic rings. The van der Waals surface area contributed by atoms with E-state index in [9.17, 15) is 9.59 Å². The van der Waals surface area contributed by atoms with E-state index in [2.05, 4.69) is 15.3 Å². The fourth-order valence-electron chi connectivity index (χ4n) is 4.10. The normalized spacial score (nSPS) is 16.0. The summed E-state index contributed by atoms with van der Waals surface area (Å²) in [5.74, 6) is 1.37.